The summed E-state index contributed by atoms with van der Waals surface area (Å²) < 4.78 is 7.60. The van der Waals surface area contributed by atoms with Crippen molar-refractivity contribution in [2.75, 3.05) is 0 Å². The third kappa shape index (κ3) is 4.24. The van der Waals surface area contributed by atoms with Gasteiger partial charge in [-0.3, -0.25) is 4.57 Å². The van der Waals surface area contributed by atoms with E-state index in [2.05, 4.69) is 52.7 Å². The maximum Gasteiger partial charge on any atom is 0.198 e. The molecule has 0 radical (unpaired) electrons. The first-order valence-electron chi connectivity index (χ1n) is 9.45. The molecular formula is C22H23N5OS. The summed E-state index contributed by atoms with van der Waals surface area (Å²) in [7, 11) is 0. The van der Waals surface area contributed by atoms with E-state index < -0.39 is 0 Å². The molecule has 3 heterocycles. The Labute approximate surface area is 174 Å². The molecule has 29 heavy (non-hydrogen) atoms. The van der Waals surface area contributed by atoms with Crippen LogP contribution in [-0.2, 0) is 12.0 Å². The Morgan fingerprint density at radius 1 is 1.03 bits per heavy atom. The van der Waals surface area contributed by atoms with Crippen molar-refractivity contribution < 1.29 is 4.42 Å². The Hall–Kier alpha value is -2.93. The molecule has 1 aromatic carbocycles. The largest absolute Gasteiger partial charge is 0.469 e. The standard InChI is InChI=1S/C22H23N5OS/c1-15-17(11-13-28-15)19-25-26-21(27(19)14-16-8-6-5-7-9-16)29-18-10-12-23-20(24-18)22(2,3)4/h5-13H,14H2,1-4H3. The molecule has 0 spiro atoms. The smallest absolute Gasteiger partial charge is 0.198 e. The summed E-state index contributed by atoms with van der Waals surface area (Å²) >= 11 is 1.50. The maximum atomic E-state index is 5.50. The van der Waals surface area contributed by atoms with E-state index in [-0.39, 0.29) is 5.41 Å². The number of benzene rings is 1. The summed E-state index contributed by atoms with van der Waals surface area (Å²) in [6.45, 7) is 8.91. The maximum absolute atomic E-state index is 5.50. The van der Waals surface area contributed by atoms with E-state index in [9.17, 15) is 0 Å². The zero-order valence-electron chi connectivity index (χ0n) is 17.0. The van der Waals surface area contributed by atoms with Gasteiger partial charge in [0.05, 0.1) is 18.4 Å². The average molecular weight is 406 g/mol. The fourth-order valence-electron chi connectivity index (χ4n) is 2.94. The van der Waals surface area contributed by atoms with Gasteiger partial charge in [-0.15, -0.1) is 10.2 Å². The first-order valence-corrected chi connectivity index (χ1v) is 10.3. The molecule has 0 aliphatic carbocycles. The second kappa shape index (κ2) is 7.83. The van der Waals surface area contributed by atoms with Gasteiger partial charge in [0, 0.05) is 11.6 Å². The predicted octanol–water partition coefficient (Wildman–Crippen LogP) is 5.13. The van der Waals surface area contributed by atoms with Crippen LogP contribution in [0.4, 0.5) is 0 Å². The number of hydrogen-bond donors (Lipinski definition) is 0. The van der Waals surface area contributed by atoms with E-state index in [1.807, 2.05) is 37.3 Å². The molecule has 0 bridgehead atoms. The van der Waals surface area contributed by atoms with Gasteiger partial charge in [-0.1, -0.05) is 51.1 Å². The van der Waals surface area contributed by atoms with Crippen molar-refractivity contribution in [2.24, 2.45) is 0 Å². The van der Waals surface area contributed by atoms with E-state index in [1.54, 1.807) is 12.5 Å². The monoisotopic (exact) mass is 405 g/mol. The van der Waals surface area contributed by atoms with Crippen molar-refractivity contribution in [3.8, 4) is 11.4 Å². The highest BCUT2D eigenvalue weighted by molar-refractivity contribution is 7.99. The fraction of sp³-hybridized carbons (Fsp3) is 0.273. The van der Waals surface area contributed by atoms with Crippen molar-refractivity contribution in [1.82, 2.24) is 24.7 Å². The van der Waals surface area contributed by atoms with Crippen LogP contribution in [0.1, 0.15) is 37.9 Å². The van der Waals surface area contributed by atoms with Gasteiger partial charge in [-0.2, -0.15) is 0 Å². The second-order valence-electron chi connectivity index (χ2n) is 7.84. The molecule has 7 heteroatoms. The topological polar surface area (TPSA) is 69.6 Å². The van der Waals surface area contributed by atoms with Gasteiger partial charge in [-0.05, 0) is 36.4 Å². The van der Waals surface area contributed by atoms with Crippen LogP contribution >= 0.6 is 11.8 Å². The van der Waals surface area contributed by atoms with Gasteiger partial charge < -0.3 is 4.42 Å². The Morgan fingerprint density at radius 2 is 1.83 bits per heavy atom. The lowest BCUT2D eigenvalue weighted by atomic mass is 9.96. The number of nitrogens with zero attached hydrogens (tertiary/aromatic N) is 5. The van der Waals surface area contributed by atoms with Crippen molar-refractivity contribution in [3.05, 3.63) is 72.1 Å². The van der Waals surface area contributed by atoms with E-state index in [0.717, 1.165) is 33.2 Å². The minimum absolute atomic E-state index is 0.118. The molecule has 6 nitrogen and oxygen atoms in total. The van der Waals surface area contributed by atoms with Crippen LogP contribution in [0.3, 0.4) is 0 Å². The van der Waals surface area contributed by atoms with Gasteiger partial charge >= 0.3 is 0 Å². The van der Waals surface area contributed by atoms with Crippen LogP contribution < -0.4 is 0 Å². The number of rotatable bonds is 5. The van der Waals surface area contributed by atoms with Gasteiger partial charge in [0.15, 0.2) is 11.0 Å². The normalized spacial score (nSPS) is 11.7. The van der Waals surface area contributed by atoms with Crippen LogP contribution in [0.15, 0.2) is 69.5 Å². The molecule has 4 rings (SSSR count). The summed E-state index contributed by atoms with van der Waals surface area (Å²) in [5.74, 6) is 2.41. The van der Waals surface area contributed by atoms with Crippen molar-refractivity contribution in [1.29, 1.82) is 0 Å². The molecule has 0 unspecified atom stereocenters. The van der Waals surface area contributed by atoms with Crippen molar-refractivity contribution in [2.45, 2.75) is 49.8 Å². The molecule has 0 N–H and O–H groups in total. The molecule has 0 fully saturated rings. The van der Waals surface area contributed by atoms with Crippen molar-refractivity contribution in [3.63, 3.8) is 0 Å². The summed E-state index contributed by atoms with van der Waals surface area (Å²) in [5.41, 5.74) is 2.00. The Kier molecular flexibility index (Phi) is 5.24. The lowest BCUT2D eigenvalue weighted by Gasteiger charge is -2.16. The highest BCUT2D eigenvalue weighted by atomic mass is 32.2. The lowest BCUT2D eigenvalue weighted by molar-refractivity contribution is 0.534. The molecule has 0 aliphatic rings. The molecule has 0 saturated heterocycles. The molecule has 0 aliphatic heterocycles. The van der Waals surface area contributed by atoms with Crippen LogP contribution in [0.25, 0.3) is 11.4 Å². The summed E-state index contributed by atoms with van der Waals surface area (Å²) in [5, 5.41) is 10.6. The molecule has 3 aromatic heterocycles. The zero-order chi connectivity index (χ0) is 20.4. The molecule has 148 valence electrons. The lowest BCUT2D eigenvalue weighted by Crippen LogP contribution is -2.16. The zero-order valence-corrected chi connectivity index (χ0v) is 17.8. The van der Waals surface area contributed by atoms with Gasteiger partial charge in [0.2, 0.25) is 0 Å². The van der Waals surface area contributed by atoms with Crippen LogP contribution in [0.2, 0.25) is 0 Å². The highest BCUT2D eigenvalue weighted by Crippen LogP contribution is 2.31. The number of aromatic nitrogens is 5. The predicted molar refractivity (Wildman–Crippen MR) is 113 cm³/mol. The molecule has 0 atom stereocenters. The first kappa shape index (κ1) is 19.4. The van der Waals surface area contributed by atoms with E-state index in [0.29, 0.717) is 6.54 Å². The van der Waals surface area contributed by atoms with E-state index in [4.69, 9.17) is 9.40 Å². The second-order valence-corrected chi connectivity index (χ2v) is 8.83. The first-order chi connectivity index (χ1) is 13.9. The quantitative estimate of drug-likeness (QED) is 0.429. The minimum Gasteiger partial charge on any atom is -0.469 e. The van der Waals surface area contributed by atoms with Gasteiger partial charge in [0.1, 0.15) is 16.6 Å². The fourth-order valence-corrected chi connectivity index (χ4v) is 3.73. The van der Waals surface area contributed by atoms with E-state index >= 15 is 0 Å². The molecule has 0 saturated carbocycles. The van der Waals surface area contributed by atoms with Crippen molar-refractivity contribution >= 4 is 11.8 Å². The third-order valence-corrected chi connectivity index (χ3v) is 5.42. The number of hydrogen-bond acceptors (Lipinski definition) is 6. The Balaban J connectivity index is 1.74. The van der Waals surface area contributed by atoms with Gasteiger partial charge in [0.25, 0.3) is 0 Å². The van der Waals surface area contributed by atoms with Gasteiger partial charge in [-0.25, -0.2) is 9.97 Å². The van der Waals surface area contributed by atoms with Crippen LogP contribution in [0.5, 0.6) is 0 Å². The summed E-state index contributed by atoms with van der Waals surface area (Å²) in [4.78, 5) is 9.15. The van der Waals surface area contributed by atoms with Crippen LogP contribution in [0, 0.1) is 6.92 Å². The molecule has 0 amide bonds. The summed E-state index contributed by atoms with van der Waals surface area (Å²) in [6, 6.07) is 14.1. The highest BCUT2D eigenvalue weighted by Gasteiger charge is 2.21. The number of furan rings is 1. The average Bonchev–Trinajstić information content (AvgIpc) is 3.28. The van der Waals surface area contributed by atoms with E-state index in [1.165, 1.54) is 17.3 Å². The molecular weight excluding hydrogens is 382 g/mol. The Morgan fingerprint density at radius 3 is 2.52 bits per heavy atom. The SMILES string of the molecule is Cc1occc1-c1nnc(Sc2ccnc(C(C)(C)C)n2)n1Cc1ccccc1. The Bertz CT molecular complexity index is 1110. The third-order valence-electron chi connectivity index (χ3n) is 4.50. The molecule has 4 aromatic rings. The number of aryl methyl sites for hydroxylation is 1. The minimum atomic E-state index is -0.118. The summed E-state index contributed by atoms with van der Waals surface area (Å²) in [6.07, 6.45) is 3.48. The van der Waals surface area contributed by atoms with Crippen LogP contribution in [-0.4, -0.2) is 24.7 Å².